The first-order chi connectivity index (χ1) is 13.5. The van der Waals surface area contributed by atoms with Crippen molar-refractivity contribution in [3.8, 4) is 11.5 Å². The van der Waals surface area contributed by atoms with E-state index in [1.165, 1.54) is 24.4 Å². The fourth-order valence-corrected chi connectivity index (χ4v) is 2.67. The molecule has 1 amide bonds. The van der Waals surface area contributed by atoms with Crippen LogP contribution in [0.3, 0.4) is 0 Å². The lowest BCUT2D eigenvalue weighted by atomic mass is 10.2. The van der Waals surface area contributed by atoms with Crippen LogP contribution in [0.15, 0.2) is 47.7 Å². The minimum atomic E-state index is -2.95. The lowest BCUT2D eigenvalue weighted by Crippen LogP contribution is -2.20. The second-order valence-corrected chi connectivity index (χ2v) is 5.69. The van der Waals surface area contributed by atoms with Crippen LogP contribution in [-0.2, 0) is 0 Å². The molecule has 9 heteroatoms. The van der Waals surface area contributed by atoms with Crippen molar-refractivity contribution in [3.63, 3.8) is 0 Å². The molecule has 2 heterocycles. The van der Waals surface area contributed by atoms with Crippen LogP contribution in [0.2, 0.25) is 0 Å². The molecule has 0 aliphatic heterocycles. The monoisotopic (exact) mass is 388 g/mol. The van der Waals surface area contributed by atoms with Gasteiger partial charge in [0.2, 0.25) is 0 Å². The molecule has 0 aliphatic carbocycles. The first-order valence-corrected chi connectivity index (χ1v) is 8.48. The molecule has 3 aromatic rings. The summed E-state index contributed by atoms with van der Waals surface area (Å²) in [6, 6.07) is 9.80. The average molecular weight is 388 g/mol. The lowest BCUT2D eigenvalue weighted by molar-refractivity contribution is -0.0514. The zero-order valence-corrected chi connectivity index (χ0v) is 15.2. The Morgan fingerprint density at radius 2 is 2.14 bits per heavy atom. The number of pyridine rings is 1. The Balaban J connectivity index is 1.75. The molecule has 0 spiro atoms. The van der Waals surface area contributed by atoms with Gasteiger partial charge >= 0.3 is 6.61 Å². The Morgan fingerprint density at radius 1 is 1.32 bits per heavy atom. The molecule has 1 aromatic carbocycles. The van der Waals surface area contributed by atoms with Crippen molar-refractivity contribution in [3.05, 3.63) is 59.5 Å². The quantitative estimate of drug-likeness (QED) is 0.497. The maximum Gasteiger partial charge on any atom is 0.387 e. The number of benzene rings is 1. The van der Waals surface area contributed by atoms with Gasteiger partial charge in [-0.25, -0.2) is 10.4 Å². The van der Waals surface area contributed by atoms with Crippen LogP contribution in [0.5, 0.6) is 11.5 Å². The number of nitrogens with one attached hydrogen (secondary N) is 1. The predicted octanol–water partition coefficient (Wildman–Crippen LogP) is 3.41. The number of ether oxygens (including phenoxy) is 2. The third kappa shape index (κ3) is 4.25. The first-order valence-electron chi connectivity index (χ1n) is 8.48. The molecule has 146 valence electrons. The fraction of sp³-hybridized carbons (Fsp3) is 0.211. The summed E-state index contributed by atoms with van der Waals surface area (Å²) in [7, 11) is 0. The molecule has 0 fully saturated rings. The fourth-order valence-electron chi connectivity index (χ4n) is 2.67. The van der Waals surface area contributed by atoms with Crippen molar-refractivity contribution >= 4 is 17.8 Å². The maximum atomic E-state index is 12.5. The zero-order valence-electron chi connectivity index (χ0n) is 15.2. The van der Waals surface area contributed by atoms with Crippen LogP contribution in [0.4, 0.5) is 8.78 Å². The first kappa shape index (κ1) is 19.3. The van der Waals surface area contributed by atoms with Crippen molar-refractivity contribution in [2.45, 2.75) is 20.5 Å². The number of aryl methyl sites for hydroxylation is 1. The van der Waals surface area contributed by atoms with Gasteiger partial charge in [0.25, 0.3) is 5.91 Å². The number of halogens is 2. The van der Waals surface area contributed by atoms with E-state index in [-0.39, 0.29) is 18.1 Å². The molecular formula is C19H18F2N4O3. The van der Waals surface area contributed by atoms with E-state index in [0.717, 1.165) is 0 Å². The summed E-state index contributed by atoms with van der Waals surface area (Å²) in [6.45, 7) is 0.795. The Morgan fingerprint density at radius 3 is 2.89 bits per heavy atom. The Bertz CT molecular complexity index is 1020. The SMILES string of the molecule is CCOc1cc(/C=N\NC(=O)c2c(C)nc3ccccn23)ccc1OC(F)F. The van der Waals surface area contributed by atoms with Crippen molar-refractivity contribution in [2.24, 2.45) is 5.10 Å². The van der Waals surface area contributed by atoms with Crippen LogP contribution in [0.25, 0.3) is 5.65 Å². The summed E-state index contributed by atoms with van der Waals surface area (Å²) >= 11 is 0. The minimum absolute atomic E-state index is 0.0700. The van der Waals surface area contributed by atoms with Gasteiger partial charge in [-0.05, 0) is 49.7 Å². The highest BCUT2D eigenvalue weighted by atomic mass is 19.3. The van der Waals surface area contributed by atoms with Crippen molar-refractivity contribution in [1.82, 2.24) is 14.8 Å². The molecular weight excluding hydrogens is 370 g/mol. The Hall–Kier alpha value is -3.49. The standard InChI is InChI=1S/C19H18F2N4O3/c1-3-27-15-10-13(7-8-14(15)28-19(20)21)11-22-24-18(26)17-12(2)23-16-6-4-5-9-25(16)17/h4-11,19H,3H2,1-2H3,(H,24,26)/b22-11-. The van der Waals surface area contributed by atoms with Gasteiger partial charge in [-0.1, -0.05) is 6.07 Å². The average Bonchev–Trinajstić information content (AvgIpc) is 2.99. The molecule has 3 rings (SSSR count). The topological polar surface area (TPSA) is 77.2 Å². The molecule has 0 saturated heterocycles. The van der Waals surface area contributed by atoms with E-state index in [1.807, 2.05) is 6.07 Å². The number of alkyl halides is 2. The summed E-state index contributed by atoms with van der Waals surface area (Å²) in [6.07, 6.45) is 3.12. The van der Waals surface area contributed by atoms with Crippen LogP contribution in [0, 0.1) is 6.92 Å². The largest absolute Gasteiger partial charge is 0.490 e. The van der Waals surface area contributed by atoms with Gasteiger partial charge in [-0.3, -0.25) is 9.20 Å². The Kier molecular flexibility index (Phi) is 5.83. The number of aromatic nitrogens is 2. The van der Waals surface area contributed by atoms with Crippen LogP contribution >= 0.6 is 0 Å². The van der Waals surface area contributed by atoms with Gasteiger partial charge in [0.05, 0.1) is 18.5 Å². The van der Waals surface area contributed by atoms with E-state index in [0.29, 0.717) is 22.6 Å². The molecule has 0 saturated carbocycles. The number of rotatable bonds is 7. The number of fused-ring (bicyclic) bond motifs is 1. The summed E-state index contributed by atoms with van der Waals surface area (Å²) < 4.78 is 36.3. The molecule has 0 bridgehead atoms. The van der Waals surface area contributed by atoms with E-state index >= 15 is 0 Å². The second kappa shape index (κ2) is 8.47. The Labute approximate surface area is 159 Å². The number of hydrazone groups is 1. The molecule has 28 heavy (non-hydrogen) atoms. The molecule has 0 radical (unpaired) electrons. The normalized spacial score (nSPS) is 11.3. The number of hydrogen-bond donors (Lipinski definition) is 1. The minimum Gasteiger partial charge on any atom is -0.490 e. The predicted molar refractivity (Wildman–Crippen MR) is 99.2 cm³/mol. The molecule has 0 atom stereocenters. The molecule has 0 unspecified atom stereocenters. The third-order valence-electron chi connectivity index (χ3n) is 3.78. The summed E-state index contributed by atoms with van der Waals surface area (Å²) in [5, 5.41) is 3.93. The number of imidazole rings is 1. The van der Waals surface area contributed by atoms with E-state index in [1.54, 1.807) is 36.6 Å². The van der Waals surface area contributed by atoms with Gasteiger partial charge in [-0.15, -0.1) is 0 Å². The van der Waals surface area contributed by atoms with Crippen molar-refractivity contribution in [1.29, 1.82) is 0 Å². The van der Waals surface area contributed by atoms with E-state index in [4.69, 9.17) is 4.74 Å². The smallest absolute Gasteiger partial charge is 0.387 e. The highest BCUT2D eigenvalue weighted by molar-refractivity contribution is 5.95. The number of hydrogen-bond acceptors (Lipinski definition) is 5. The van der Waals surface area contributed by atoms with E-state index in [2.05, 4.69) is 20.2 Å². The molecule has 1 N–H and O–H groups in total. The maximum absolute atomic E-state index is 12.5. The highest BCUT2D eigenvalue weighted by Gasteiger charge is 2.15. The van der Waals surface area contributed by atoms with Gasteiger partial charge in [0.15, 0.2) is 11.5 Å². The summed E-state index contributed by atoms with van der Waals surface area (Å²) in [5.74, 6) is -0.328. The number of amides is 1. The molecule has 0 aliphatic rings. The van der Waals surface area contributed by atoms with E-state index in [9.17, 15) is 13.6 Å². The van der Waals surface area contributed by atoms with Crippen LogP contribution in [-0.4, -0.2) is 34.7 Å². The van der Waals surface area contributed by atoms with Crippen LogP contribution < -0.4 is 14.9 Å². The lowest BCUT2D eigenvalue weighted by Gasteiger charge is -2.11. The van der Waals surface area contributed by atoms with Gasteiger partial charge in [0.1, 0.15) is 11.3 Å². The molecule has 7 nitrogen and oxygen atoms in total. The van der Waals surface area contributed by atoms with Gasteiger partial charge < -0.3 is 9.47 Å². The van der Waals surface area contributed by atoms with Gasteiger partial charge in [-0.2, -0.15) is 13.9 Å². The molecule has 2 aromatic heterocycles. The van der Waals surface area contributed by atoms with Gasteiger partial charge in [0, 0.05) is 6.20 Å². The number of carbonyl (C=O) groups excluding carboxylic acids is 1. The number of nitrogens with zero attached hydrogens (tertiary/aromatic N) is 3. The highest BCUT2D eigenvalue weighted by Crippen LogP contribution is 2.29. The zero-order chi connectivity index (χ0) is 20.1. The van der Waals surface area contributed by atoms with Crippen molar-refractivity contribution in [2.75, 3.05) is 6.61 Å². The van der Waals surface area contributed by atoms with Crippen molar-refractivity contribution < 1.29 is 23.0 Å². The van der Waals surface area contributed by atoms with E-state index < -0.39 is 12.5 Å². The number of carbonyl (C=O) groups is 1. The van der Waals surface area contributed by atoms with Crippen LogP contribution in [0.1, 0.15) is 28.7 Å². The second-order valence-electron chi connectivity index (χ2n) is 5.69. The summed E-state index contributed by atoms with van der Waals surface area (Å²) in [4.78, 5) is 16.8. The third-order valence-corrected chi connectivity index (χ3v) is 3.78. The summed E-state index contributed by atoms with van der Waals surface area (Å²) in [5.41, 5.74) is 4.60.